The lowest BCUT2D eigenvalue weighted by molar-refractivity contribution is 0.630. The van der Waals surface area contributed by atoms with E-state index in [1.54, 1.807) is 0 Å². The maximum Gasteiger partial charge on any atom is 0.0591 e. The Labute approximate surface area is 137 Å². The van der Waals surface area contributed by atoms with Gasteiger partial charge in [-0.1, -0.05) is 67.7 Å². The minimum Gasteiger partial charge on any atom is -0.306 e. The van der Waals surface area contributed by atoms with Crippen molar-refractivity contribution < 1.29 is 0 Å². The van der Waals surface area contributed by atoms with Crippen LogP contribution in [0, 0.1) is 0 Å². The van der Waals surface area contributed by atoms with E-state index in [9.17, 15) is 0 Å². The molecule has 1 atom stereocenters. The predicted octanol–water partition coefficient (Wildman–Crippen LogP) is 5.64. The Hall–Kier alpha value is -1.02. The topological polar surface area (TPSA) is 12.0 Å². The molecule has 0 aromatic heterocycles. The third kappa shape index (κ3) is 4.23. The van der Waals surface area contributed by atoms with Gasteiger partial charge < -0.3 is 5.32 Å². The van der Waals surface area contributed by atoms with E-state index >= 15 is 0 Å². The number of aryl methyl sites for hydroxylation is 1. The number of hydrogen-bond donors (Lipinski definition) is 1. The third-order valence-corrected chi connectivity index (χ3v) is 4.11. The van der Waals surface area contributed by atoms with E-state index in [0.29, 0.717) is 5.02 Å². The Morgan fingerprint density at radius 2 is 1.71 bits per heavy atom. The smallest absolute Gasteiger partial charge is 0.0591 e. The van der Waals surface area contributed by atoms with Crippen molar-refractivity contribution in [2.24, 2.45) is 0 Å². The van der Waals surface area contributed by atoms with Gasteiger partial charge in [0.15, 0.2) is 0 Å². The minimum atomic E-state index is 0.0666. The van der Waals surface area contributed by atoms with Crippen molar-refractivity contribution in [3.63, 3.8) is 0 Å². The summed E-state index contributed by atoms with van der Waals surface area (Å²) in [4.78, 5) is 0. The van der Waals surface area contributed by atoms with Crippen molar-refractivity contribution in [1.29, 1.82) is 0 Å². The van der Waals surface area contributed by atoms with Crippen LogP contribution in [0.25, 0.3) is 0 Å². The highest BCUT2D eigenvalue weighted by atomic mass is 35.5. The SMILES string of the molecule is CCCc1ccc(C(NCC)c2cc(Cl)ccc2Cl)cc1. The average molecular weight is 322 g/mol. The lowest BCUT2D eigenvalue weighted by atomic mass is 9.97. The van der Waals surface area contributed by atoms with Crippen molar-refractivity contribution >= 4 is 23.2 Å². The number of halogens is 2. The molecule has 3 heteroatoms. The first kappa shape index (κ1) is 16.4. The van der Waals surface area contributed by atoms with Gasteiger partial charge in [-0.2, -0.15) is 0 Å². The molecule has 0 saturated carbocycles. The summed E-state index contributed by atoms with van der Waals surface area (Å²) in [5.74, 6) is 0. The fourth-order valence-corrected chi connectivity index (χ4v) is 2.92. The molecule has 1 unspecified atom stereocenters. The molecule has 2 aromatic rings. The Kier molecular flexibility index (Phi) is 6.10. The second-order valence-corrected chi connectivity index (χ2v) is 5.99. The first-order valence-electron chi connectivity index (χ1n) is 7.42. The van der Waals surface area contributed by atoms with Crippen LogP contribution in [-0.4, -0.2) is 6.54 Å². The molecule has 0 aliphatic carbocycles. The fraction of sp³-hybridized carbons (Fsp3) is 0.333. The molecular weight excluding hydrogens is 301 g/mol. The van der Waals surface area contributed by atoms with E-state index in [-0.39, 0.29) is 6.04 Å². The van der Waals surface area contributed by atoms with Crippen LogP contribution in [0.1, 0.15) is 43.0 Å². The molecule has 0 bridgehead atoms. The second kappa shape index (κ2) is 7.84. The maximum atomic E-state index is 6.36. The van der Waals surface area contributed by atoms with Crippen LogP contribution in [0.2, 0.25) is 10.0 Å². The van der Waals surface area contributed by atoms with Gasteiger partial charge in [0.2, 0.25) is 0 Å². The quantitative estimate of drug-likeness (QED) is 0.725. The summed E-state index contributed by atoms with van der Waals surface area (Å²) < 4.78 is 0. The zero-order valence-corrected chi connectivity index (χ0v) is 14.0. The summed E-state index contributed by atoms with van der Waals surface area (Å²) in [6.07, 6.45) is 2.28. The summed E-state index contributed by atoms with van der Waals surface area (Å²) in [6, 6.07) is 14.4. The molecule has 112 valence electrons. The molecule has 21 heavy (non-hydrogen) atoms. The van der Waals surface area contributed by atoms with Gasteiger partial charge in [-0.05, 0) is 47.9 Å². The van der Waals surface area contributed by atoms with Crippen LogP contribution in [-0.2, 0) is 6.42 Å². The minimum absolute atomic E-state index is 0.0666. The molecule has 0 radical (unpaired) electrons. The van der Waals surface area contributed by atoms with Gasteiger partial charge in [0, 0.05) is 10.0 Å². The first-order valence-corrected chi connectivity index (χ1v) is 8.18. The lowest BCUT2D eigenvalue weighted by Crippen LogP contribution is -2.22. The molecule has 0 aliphatic rings. The molecule has 0 amide bonds. The van der Waals surface area contributed by atoms with Gasteiger partial charge in [-0.15, -0.1) is 0 Å². The van der Waals surface area contributed by atoms with Crippen molar-refractivity contribution in [2.75, 3.05) is 6.54 Å². The number of benzene rings is 2. The largest absolute Gasteiger partial charge is 0.306 e. The third-order valence-electron chi connectivity index (χ3n) is 3.53. The molecule has 0 saturated heterocycles. The summed E-state index contributed by atoms with van der Waals surface area (Å²) in [5, 5.41) is 4.94. The van der Waals surface area contributed by atoms with Gasteiger partial charge in [-0.25, -0.2) is 0 Å². The van der Waals surface area contributed by atoms with E-state index in [0.717, 1.165) is 30.0 Å². The normalized spacial score (nSPS) is 12.4. The van der Waals surface area contributed by atoms with Crippen LogP contribution in [0.15, 0.2) is 42.5 Å². The van der Waals surface area contributed by atoms with Crippen LogP contribution in [0.4, 0.5) is 0 Å². The standard InChI is InChI=1S/C18H21Cl2N/c1-3-5-13-6-8-14(9-7-13)18(21-4-2)16-12-15(19)10-11-17(16)20/h6-12,18,21H,3-5H2,1-2H3. The average Bonchev–Trinajstić information content (AvgIpc) is 2.49. The Bertz CT molecular complexity index is 578. The zero-order chi connectivity index (χ0) is 15.2. The van der Waals surface area contributed by atoms with Gasteiger partial charge in [0.1, 0.15) is 0 Å². The Balaban J connectivity index is 2.35. The van der Waals surface area contributed by atoms with Crippen LogP contribution < -0.4 is 5.32 Å². The number of rotatable bonds is 6. The van der Waals surface area contributed by atoms with E-state index < -0.39 is 0 Å². The molecule has 1 N–H and O–H groups in total. The van der Waals surface area contributed by atoms with Gasteiger partial charge >= 0.3 is 0 Å². The Morgan fingerprint density at radius 3 is 2.33 bits per heavy atom. The highest BCUT2D eigenvalue weighted by molar-refractivity contribution is 6.33. The molecule has 2 aromatic carbocycles. The molecule has 0 heterocycles. The van der Waals surface area contributed by atoms with Crippen LogP contribution >= 0.6 is 23.2 Å². The predicted molar refractivity (Wildman–Crippen MR) is 92.4 cm³/mol. The highest BCUT2D eigenvalue weighted by Gasteiger charge is 2.16. The summed E-state index contributed by atoms with van der Waals surface area (Å²) in [7, 11) is 0. The van der Waals surface area contributed by atoms with Crippen molar-refractivity contribution in [2.45, 2.75) is 32.7 Å². The number of hydrogen-bond acceptors (Lipinski definition) is 1. The maximum absolute atomic E-state index is 6.36. The van der Waals surface area contributed by atoms with Gasteiger partial charge in [-0.3, -0.25) is 0 Å². The van der Waals surface area contributed by atoms with E-state index in [1.165, 1.54) is 11.1 Å². The monoisotopic (exact) mass is 321 g/mol. The molecule has 0 fully saturated rings. The lowest BCUT2D eigenvalue weighted by Gasteiger charge is -2.21. The Morgan fingerprint density at radius 1 is 1.00 bits per heavy atom. The van der Waals surface area contributed by atoms with Gasteiger partial charge in [0.05, 0.1) is 6.04 Å². The van der Waals surface area contributed by atoms with Crippen molar-refractivity contribution in [3.05, 3.63) is 69.2 Å². The molecule has 2 rings (SSSR count). The van der Waals surface area contributed by atoms with E-state index in [2.05, 4.69) is 43.4 Å². The molecule has 1 nitrogen and oxygen atoms in total. The van der Waals surface area contributed by atoms with E-state index in [4.69, 9.17) is 23.2 Å². The fourth-order valence-electron chi connectivity index (χ4n) is 2.51. The first-order chi connectivity index (χ1) is 10.2. The zero-order valence-electron chi connectivity index (χ0n) is 12.5. The molecule has 0 aliphatic heterocycles. The van der Waals surface area contributed by atoms with Gasteiger partial charge in [0.25, 0.3) is 0 Å². The molecule has 0 spiro atoms. The van der Waals surface area contributed by atoms with Crippen molar-refractivity contribution in [3.8, 4) is 0 Å². The summed E-state index contributed by atoms with van der Waals surface area (Å²) in [6.45, 7) is 5.15. The second-order valence-electron chi connectivity index (χ2n) is 5.15. The van der Waals surface area contributed by atoms with Crippen LogP contribution in [0.5, 0.6) is 0 Å². The number of nitrogens with one attached hydrogen (secondary N) is 1. The van der Waals surface area contributed by atoms with Crippen LogP contribution in [0.3, 0.4) is 0 Å². The van der Waals surface area contributed by atoms with Crippen molar-refractivity contribution in [1.82, 2.24) is 5.32 Å². The summed E-state index contributed by atoms with van der Waals surface area (Å²) in [5.41, 5.74) is 3.60. The summed E-state index contributed by atoms with van der Waals surface area (Å²) >= 11 is 12.5. The van der Waals surface area contributed by atoms with E-state index in [1.807, 2.05) is 18.2 Å². The highest BCUT2D eigenvalue weighted by Crippen LogP contribution is 2.30. The molecular formula is C18H21Cl2N.